The molecule has 0 radical (unpaired) electrons. The number of rotatable bonds is 4. The zero-order valence-electron chi connectivity index (χ0n) is 9.80. The predicted molar refractivity (Wildman–Crippen MR) is 62.8 cm³/mol. The smallest absolute Gasteiger partial charge is 0.289 e. The molecule has 1 unspecified atom stereocenters. The topological polar surface area (TPSA) is 121 Å². The first-order valence-corrected chi connectivity index (χ1v) is 5.02. The van der Waals surface area contributed by atoms with E-state index in [1.807, 2.05) is 0 Å². The molecule has 0 fully saturated rings. The lowest BCUT2D eigenvalue weighted by Crippen LogP contribution is -2.35. The minimum Gasteiger partial charge on any atom is -0.358 e. The van der Waals surface area contributed by atoms with Gasteiger partial charge in [0.25, 0.3) is 5.69 Å². The fraction of sp³-hybridized carbons (Fsp3) is 0.300. The first-order valence-electron chi connectivity index (χ1n) is 5.02. The number of nitrogens with zero attached hydrogens (tertiary/aromatic N) is 3. The lowest BCUT2D eigenvalue weighted by atomic mass is 10.2. The molecule has 0 bridgehead atoms. The number of pyridine rings is 1. The number of carbonyl (C=O) groups is 1. The number of amides is 1. The van der Waals surface area contributed by atoms with Gasteiger partial charge in [-0.2, -0.15) is 5.26 Å². The second-order valence-corrected chi connectivity index (χ2v) is 3.44. The molecule has 18 heavy (non-hydrogen) atoms. The van der Waals surface area contributed by atoms with Crippen LogP contribution in [-0.4, -0.2) is 28.9 Å². The number of carbonyl (C=O) groups excluding carboxylic acids is 1. The van der Waals surface area contributed by atoms with Gasteiger partial charge < -0.3 is 10.6 Å². The predicted octanol–water partition coefficient (Wildman–Crippen LogP) is 0.408. The third-order valence-corrected chi connectivity index (χ3v) is 2.20. The van der Waals surface area contributed by atoms with Gasteiger partial charge in [0.2, 0.25) is 5.91 Å². The largest absolute Gasteiger partial charge is 0.358 e. The van der Waals surface area contributed by atoms with Gasteiger partial charge in [0.05, 0.1) is 4.92 Å². The van der Waals surface area contributed by atoms with Gasteiger partial charge in [-0.3, -0.25) is 14.9 Å². The number of nitriles is 1. The van der Waals surface area contributed by atoms with Crippen LogP contribution < -0.4 is 10.6 Å². The van der Waals surface area contributed by atoms with Gasteiger partial charge >= 0.3 is 0 Å². The Hall–Kier alpha value is -2.69. The van der Waals surface area contributed by atoms with Crippen LogP contribution in [0.3, 0.4) is 0 Å². The maximum atomic E-state index is 11.3. The van der Waals surface area contributed by atoms with E-state index in [1.165, 1.54) is 7.05 Å². The van der Waals surface area contributed by atoms with E-state index < -0.39 is 11.0 Å². The van der Waals surface area contributed by atoms with Crippen molar-refractivity contribution in [1.29, 1.82) is 5.26 Å². The first kappa shape index (κ1) is 13.4. The van der Waals surface area contributed by atoms with Crippen molar-refractivity contribution in [2.24, 2.45) is 0 Å². The molecule has 94 valence electrons. The molecular formula is C10H11N5O3. The summed E-state index contributed by atoms with van der Waals surface area (Å²) in [5, 5.41) is 24.6. The molecule has 1 aromatic rings. The highest BCUT2D eigenvalue weighted by Crippen LogP contribution is 2.18. The molecule has 0 spiro atoms. The van der Waals surface area contributed by atoms with Crippen molar-refractivity contribution >= 4 is 17.4 Å². The molecule has 1 atom stereocenters. The van der Waals surface area contributed by atoms with Crippen LogP contribution in [0.2, 0.25) is 0 Å². The highest BCUT2D eigenvalue weighted by atomic mass is 16.6. The van der Waals surface area contributed by atoms with Gasteiger partial charge in [0.1, 0.15) is 29.7 Å². The van der Waals surface area contributed by atoms with Crippen LogP contribution in [0.15, 0.2) is 12.3 Å². The molecule has 1 rings (SSSR count). The molecule has 0 saturated carbocycles. The molecule has 0 aliphatic rings. The van der Waals surface area contributed by atoms with Crippen LogP contribution in [-0.2, 0) is 4.79 Å². The molecule has 2 N–H and O–H groups in total. The van der Waals surface area contributed by atoms with E-state index in [-0.39, 0.29) is 23.0 Å². The van der Waals surface area contributed by atoms with Gasteiger partial charge in [-0.05, 0) is 6.92 Å². The second-order valence-electron chi connectivity index (χ2n) is 3.44. The van der Waals surface area contributed by atoms with Crippen LogP contribution in [0.5, 0.6) is 0 Å². The molecule has 8 nitrogen and oxygen atoms in total. The Bertz CT molecular complexity index is 523. The minimum atomic E-state index is -0.639. The summed E-state index contributed by atoms with van der Waals surface area (Å²) in [6.45, 7) is 1.59. The number of nitrogens with one attached hydrogen (secondary N) is 2. The first-order chi connectivity index (χ1) is 8.49. The van der Waals surface area contributed by atoms with Crippen molar-refractivity contribution in [2.45, 2.75) is 13.0 Å². The Labute approximate surface area is 103 Å². The summed E-state index contributed by atoms with van der Waals surface area (Å²) < 4.78 is 0. The van der Waals surface area contributed by atoms with E-state index in [9.17, 15) is 14.9 Å². The van der Waals surface area contributed by atoms with Crippen molar-refractivity contribution in [3.63, 3.8) is 0 Å². The monoisotopic (exact) mass is 249 g/mol. The van der Waals surface area contributed by atoms with E-state index in [1.54, 1.807) is 13.0 Å². The normalized spacial score (nSPS) is 11.2. The Morgan fingerprint density at radius 2 is 2.33 bits per heavy atom. The molecule has 0 aliphatic heterocycles. The maximum Gasteiger partial charge on any atom is 0.289 e. The number of anilines is 1. The molecule has 0 aliphatic carbocycles. The summed E-state index contributed by atoms with van der Waals surface area (Å²) in [5.74, 6) is -0.141. The number of nitro groups is 1. The molecular weight excluding hydrogens is 238 g/mol. The molecule has 1 aromatic heterocycles. The summed E-state index contributed by atoms with van der Waals surface area (Å²) in [6, 6.07) is 2.29. The molecule has 8 heteroatoms. The number of aromatic nitrogens is 1. The standard InChI is InChI=1S/C10H11N5O3/c1-6(10(16)12-2)14-9-7(4-11)3-8(5-13-9)15(17)18/h3,5-6H,1-2H3,(H,12,16)(H,13,14). The number of hydrogen-bond donors (Lipinski definition) is 2. The van der Waals surface area contributed by atoms with E-state index in [0.717, 1.165) is 12.3 Å². The fourth-order valence-corrected chi connectivity index (χ4v) is 1.24. The molecule has 0 aromatic carbocycles. The summed E-state index contributed by atoms with van der Waals surface area (Å²) in [4.78, 5) is 25.0. The lowest BCUT2D eigenvalue weighted by Gasteiger charge is -2.13. The van der Waals surface area contributed by atoms with Crippen LogP contribution in [0.25, 0.3) is 0 Å². The van der Waals surface area contributed by atoms with Crippen LogP contribution in [0.4, 0.5) is 11.5 Å². The fourth-order valence-electron chi connectivity index (χ4n) is 1.24. The van der Waals surface area contributed by atoms with E-state index in [0.29, 0.717) is 0 Å². The van der Waals surface area contributed by atoms with E-state index in [4.69, 9.17) is 5.26 Å². The van der Waals surface area contributed by atoms with E-state index >= 15 is 0 Å². The Morgan fingerprint density at radius 1 is 1.67 bits per heavy atom. The summed E-state index contributed by atoms with van der Waals surface area (Å²) in [7, 11) is 1.48. The number of hydrogen-bond acceptors (Lipinski definition) is 6. The van der Waals surface area contributed by atoms with Gasteiger partial charge in [-0.1, -0.05) is 0 Å². The van der Waals surface area contributed by atoms with Gasteiger partial charge in [0.15, 0.2) is 0 Å². The third-order valence-electron chi connectivity index (χ3n) is 2.20. The zero-order valence-corrected chi connectivity index (χ0v) is 9.80. The Kier molecular flexibility index (Phi) is 4.15. The van der Waals surface area contributed by atoms with Crippen LogP contribution in [0, 0.1) is 21.4 Å². The molecule has 1 amide bonds. The van der Waals surface area contributed by atoms with Crippen molar-refractivity contribution in [3.8, 4) is 6.07 Å². The second kappa shape index (κ2) is 5.58. The summed E-state index contributed by atoms with van der Waals surface area (Å²) in [5.41, 5.74) is -0.260. The van der Waals surface area contributed by atoms with Crippen molar-refractivity contribution < 1.29 is 9.72 Å². The number of likely N-dealkylation sites (N-methyl/N-ethyl adjacent to an activating group) is 1. The van der Waals surface area contributed by atoms with Gasteiger partial charge in [0, 0.05) is 13.1 Å². The zero-order chi connectivity index (χ0) is 13.7. The molecule has 0 saturated heterocycles. The summed E-state index contributed by atoms with van der Waals surface area (Å²) in [6.07, 6.45) is 1.03. The highest BCUT2D eigenvalue weighted by Gasteiger charge is 2.16. The van der Waals surface area contributed by atoms with Crippen molar-refractivity contribution in [3.05, 3.63) is 27.9 Å². The average Bonchev–Trinajstić information content (AvgIpc) is 2.37. The van der Waals surface area contributed by atoms with Gasteiger partial charge in [-0.15, -0.1) is 0 Å². The highest BCUT2D eigenvalue weighted by molar-refractivity contribution is 5.84. The maximum absolute atomic E-state index is 11.3. The van der Waals surface area contributed by atoms with Crippen LogP contribution in [0.1, 0.15) is 12.5 Å². The Balaban J connectivity index is 3.00. The SMILES string of the molecule is CNC(=O)C(C)Nc1ncc([N+](=O)[O-])cc1C#N. The van der Waals surface area contributed by atoms with Crippen molar-refractivity contribution in [1.82, 2.24) is 10.3 Å². The van der Waals surface area contributed by atoms with Gasteiger partial charge in [-0.25, -0.2) is 4.98 Å². The average molecular weight is 249 g/mol. The molecule has 1 heterocycles. The lowest BCUT2D eigenvalue weighted by molar-refractivity contribution is -0.385. The van der Waals surface area contributed by atoms with Crippen molar-refractivity contribution in [2.75, 3.05) is 12.4 Å². The third kappa shape index (κ3) is 2.91. The van der Waals surface area contributed by atoms with Crippen LogP contribution >= 0.6 is 0 Å². The quantitative estimate of drug-likeness (QED) is 0.588. The Morgan fingerprint density at radius 3 is 2.83 bits per heavy atom. The summed E-state index contributed by atoms with van der Waals surface area (Å²) >= 11 is 0. The van der Waals surface area contributed by atoms with E-state index in [2.05, 4.69) is 15.6 Å². The minimum absolute atomic E-state index is 0.0138.